The van der Waals surface area contributed by atoms with Crippen LogP contribution < -0.4 is 10.3 Å². The maximum absolute atomic E-state index is 14.3. The number of fused-ring (bicyclic) bond motifs is 3. The summed E-state index contributed by atoms with van der Waals surface area (Å²) in [6.45, 7) is 2.76. The highest BCUT2D eigenvalue weighted by atomic mass is 32.1. The van der Waals surface area contributed by atoms with Crippen molar-refractivity contribution in [1.29, 1.82) is 0 Å². The molecule has 3 aromatic rings. The Kier molecular flexibility index (Phi) is 5.69. The number of H-pyrrole nitrogens is 1. The van der Waals surface area contributed by atoms with E-state index in [-0.39, 0.29) is 17.0 Å². The van der Waals surface area contributed by atoms with Crippen LogP contribution in [0.1, 0.15) is 39.5 Å². The van der Waals surface area contributed by atoms with Crippen molar-refractivity contribution < 1.29 is 13.9 Å². The number of piperazine rings is 1. The van der Waals surface area contributed by atoms with Gasteiger partial charge in [-0.2, -0.15) is 0 Å². The van der Waals surface area contributed by atoms with Crippen molar-refractivity contribution in [2.45, 2.75) is 32.2 Å². The molecule has 168 valence electrons. The number of hydrogen-bond donors (Lipinski definition) is 1. The lowest BCUT2D eigenvalue weighted by Crippen LogP contribution is -2.48. The summed E-state index contributed by atoms with van der Waals surface area (Å²) in [6, 6.07) is 4.28. The van der Waals surface area contributed by atoms with E-state index in [9.17, 15) is 14.0 Å². The molecule has 1 N–H and O–H groups in total. The molecule has 0 bridgehead atoms. The number of benzene rings is 1. The van der Waals surface area contributed by atoms with Crippen molar-refractivity contribution in [3.63, 3.8) is 0 Å². The highest BCUT2D eigenvalue weighted by Gasteiger charge is 2.25. The van der Waals surface area contributed by atoms with E-state index in [0.717, 1.165) is 29.5 Å². The quantitative estimate of drug-likeness (QED) is 0.653. The molecular weight excluding hydrogens is 431 g/mol. The van der Waals surface area contributed by atoms with Crippen molar-refractivity contribution >= 4 is 27.5 Å². The van der Waals surface area contributed by atoms with Crippen LogP contribution in [0.25, 0.3) is 10.2 Å². The number of carbonyl (C=O) groups excluding carboxylic acids is 1. The van der Waals surface area contributed by atoms with Gasteiger partial charge in [-0.15, -0.1) is 11.3 Å². The van der Waals surface area contributed by atoms with Crippen molar-refractivity contribution in [3.05, 3.63) is 56.2 Å². The second-order valence-corrected chi connectivity index (χ2v) is 9.40. The Labute approximate surface area is 188 Å². The molecule has 0 spiro atoms. The fraction of sp³-hybridized carbons (Fsp3) is 0.435. The van der Waals surface area contributed by atoms with E-state index < -0.39 is 5.82 Å². The summed E-state index contributed by atoms with van der Waals surface area (Å²) in [5.41, 5.74) is 1.19. The number of amides is 1. The molecule has 9 heteroatoms. The summed E-state index contributed by atoms with van der Waals surface area (Å²) in [6.07, 6.45) is 4.30. The largest absolute Gasteiger partial charge is 0.497 e. The zero-order valence-electron chi connectivity index (χ0n) is 17.9. The number of aromatic amines is 1. The summed E-state index contributed by atoms with van der Waals surface area (Å²) < 4.78 is 19.3. The maximum Gasteiger partial charge on any atom is 0.259 e. The molecule has 0 atom stereocenters. The molecule has 7 nitrogen and oxygen atoms in total. The number of carbonyl (C=O) groups is 1. The number of rotatable bonds is 4. The molecule has 32 heavy (non-hydrogen) atoms. The van der Waals surface area contributed by atoms with Crippen LogP contribution in [0.3, 0.4) is 0 Å². The van der Waals surface area contributed by atoms with Crippen molar-refractivity contribution in [1.82, 2.24) is 19.8 Å². The van der Waals surface area contributed by atoms with Gasteiger partial charge in [0, 0.05) is 37.1 Å². The number of aryl methyl sites for hydroxylation is 2. The number of thiophene rings is 1. The standard InChI is InChI=1S/C23H25FN4O3S/c1-31-14-6-7-15(17(24)12-14)23(30)28-10-8-27(9-11-28)13-19-25-21(29)20-16-4-2-3-5-18(16)32-22(20)26-19/h6-7,12H,2-5,8-11,13H2,1H3,(H,25,26,29). The fourth-order valence-corrected chi connectivity index (χ4v) is 5.85. The lowest BCUT2D eigenvalue weighted by atomic mass is 9.97. The average molecular weight is 457 g/mol. The molecule has 1 saturated heterocycles. The number of hydrogen-bond acceptors (Lipinski definition) is 6. The van der Waals surface area contributed by atoms with E-state index in [2.05, 4.69) is 9.88 Å². The first-order valence-corrected chi connectivity index (χ1v) is 11.7. The third-order valence-electron chi connectivity index (χ3n) is 6.31. The van der Waals surface area contributed by atoms with Gasteiger partial charge in [0.25, 0.3) is 11.5 Å². The predicted octanol–water partition coefficient (Wildman–Crippen LogP) is 2.97. The normalized spacial score (nSPS) is 16.9. The lowest BCUT2D eigenvalue weighted by molar-refractivity contribution is 0.0621. The first-order chi connectivity index (χ1) is 15.5. The van der Waals surface area contributed by atoms with Crippen LogP contribution in [-0.4, -0.2) is 59.0 Å². The minimum Gasteiger partial charge on any atom is -0.497 e. The third-order valence-corrected chi connectivity index (χ3v) is 7.50. The Balaban J connectivity index is 1.26. The molecule has 3 heterocycles. The molecule has 0 radical (unpaired) electrons. The molecule has 2 aliphatic rings. The predicted molar refractivity (Wildman–Crippen MR) is 121 cm³/mol. The summed E-state index contributed by atoms with van der Waals surface area (Å²) >= 11 is 1.65. The molecule has 1 aliphatic carbocycles. The van der Waals surface area contributed by atoms with E-state index >= 15 is 0 Å². The van der Waals surface area contributed by atoms with Gasteiger partial charge in [-0.1, -0.05) is 0 Å². The Morgan fingerprint density at radius 3 is 2.75 bits per heavy atom. The number of aromatic nitrogens is 2. The van der Waals surface area contributed by atoms with Crippen molar-refractivity contribution in [3.8, 4) is 5.75 Å². The third kappa shape index (κ3) is 3.91. The molecule has 5 rings (SSSR count). The molecule has 1 aromatic carbocycles. The summed E-state index contributed by atoms with van der Waals surface area (Å²) in [5, 5.41) is 0.769. The Morgan fingerprint density at radius 2 is 2.00 bits per heavy atom. The van der Waals surface area contributed by atoms with Crippen LogP contribution in [0.4, 0.5) is 4.39 Å². The van der Waals surface area contributed by atoms with Gasteiger partial charge >= 0.3 is 0 Å². The molecular formula is C23H25FN4O3S. The van der Waals surface area contributed by atoms with E-state index in [0.29, 0.717) is 44.3 Å². The highest BCUT2D eigenvalue weighted by molar-refractivity contribution is 7.18. The first-order valence-electron chi connectivity index (χ1n) is 10.9. The molecule has 1 amide bonds. The smallest absolute Gasteiger partial charge is 0.259 e. The van der Waals surface area contributed by atoms with E-state index in [1.165, 1.54) is 36.1 Å². The number of nitrogens with one attached hydrogen (secondary N) is 1. The Hall–Kier alpha value is -2.78. The zero-order valence-corrected chi connectivity index (χ0v) is 18.8. The van der Waals surface area contributed by atoms with E-state index in [1.807, 2.05) is 0 Å². The minimum atomic E-state index is -0.578. The zero-order chi connectivity index (χ0) is 22.2. The van der Waals surface area contributed by atoms with Crippen LogP contribution in [0.2, 0.25) is 0 Å². The number of halogens is 1. The molecule has 1 fully saturated rings. The van der Waals surface area contributed by atoms with Crippen molar-refractivity contribution in [2.24, 2.45) is 0 Å². The SMILES string of the molecule is COc1ccc(C(=O)N2CCN(Cc3nc4sc5c(c4c(=O)[nH]3)CCCC5)CC2)c(F)c1. The molecule has 1 aliphatic heterocycles. The number of ether oxygens (including phenoxy) is 1. The van der Waals surface area contributed by atoms with Gasteiger partial charge < -0.3 is 14.6 Å². The highest BCUT2D eigenvalue weighted by Crippen LogP contribution is 2.33. The first kappa shape index (κ1) is 21.1. The van der Waals surface area contributed by atoms with Gasteiger partial charge in [-0.25, -0.2) is 9.37 Å². The van der Waals surface area contributed by atoms with Gasteiger partial charge in [0.2, 0.25) is 0 Å². The number of nitrogens with zero attached hydrogens (tertiary/aromatic N) is 3. The van der Waals surface area contributed by atoms with Crippen LogP contribution in [0.15, 0.2) is 23.0 Å². The summed E-state index contributed by atoms with van der Waals surface area (Å²) in [4.78, 5) is 39.2. The Bertz CT molecular complexity index is 1230. The molecule has 0 unspecified atom stereocenters. The van der Waals surface area contributed by atoms with E-state index in [1.54, 1.807) is 22.3 Å². The average Bonchev–Trinajstić information content (AvgIpc) is 3.18. The van der Waals surface area contributed by atoms with Gasteiger partial charge in [0.1, 0.15) is 22.2 Å². The minimum absolute atomic E-state index is 0.0480. The van der Waals surface area contributed by atoms with Crippen LogP contribution in [0, 0.1) is 5.82 Å². The second-order valence-electron chi connectivity index (χ2n) is 8.32. The fourth-order valence-electron chi connectivity index (χ4n) is 4.57. The van der Waals surface area contributed by atoms with Gasteiger partial charge in [-0.05, 0) is 43.4 Å². The van der Waals surface area contributed by atoms with Gasteiger partial charge in [-0.3, -0.25) is 14.5 Å². The lowest BCUT2D eigenvalue weighted by Gasteiger charge is -2.34. The maximum atomic E-state index is 14.3. The summed E-state index contributed by atoms with van der Waals surface area (Å²) in [7, 11) is 1.46. The Morgan fingerprint density at radius 1 is 1.22 bits per heavy atom. The van der Waals surface area contributed by atoms with Crippen LogP contribution >= 0.6 is 11.3 Å². The van der Waals surface area contributed by atoms with E-state index in [4.69, 9.17) is 9.72 Å². The summed E-state index contributed by atoms with van der Waals surface area (Å²) in [5.74, 6) is 0.142. The molecule has 0 saturated carbocycles. The van der Waals surface area contributed by atoms with Crippen molar-refractivity contribution in [2.75, 3.05) is 33.3 Å². The molecule has 2 aromatic heterocycles. The monoisotopic (exact) mass is 456 g/mol. The second kappa shape index (κ2) is 8.63. The van der Waals surface area contributed by atoms with Crippen LogP contribution in [0.5, 0.6) is 5.75 Å². The van der Waals surface area contributed by atoms with Gasteiger partial charge in [0.15, 0.2) is 0 Å². The van der Waals surface area contributed by atoms with Gasteiger partial charge in [0.05, 0.1) is 24.6 Å². The number of methoxy groups -OCH3 is 1. The van der Waals surface area contributed by atoms with Crippen LogP contribution in [-0.2, 0) is 19.4 Å². The topological polar surface area (TPSA) is 78.5 Å².